The van der Waals surface area contributed by atoms with Gasteiger partial charge in [0.1, 0.15) is 0 Å². The molecule has 1 N–H and O–H groups in total. The number of carbonyl (C=O) groups is 1. The van der Waals surface area contributed by atoms with Crippen molar-refractivity contribution in [3.8, 4) is 17.2 Å². The maximum Gasteiger partial charge on any atom is 0.251 e. The minimum atomic E-state index is -0.153. The summed E-state index contributed by atoms with van der Waals surface area (Å²) in [4.78, 5) is 17.6. The van der Waals surface area contributed by atoms with E-state index < -0.39 is 0 Å². The number of piperazine rings is 1. The van der Waals surface area contributed by atoms with Crippen LogP contribution in [0, 0.1) is 0 Å². The molecule has 3 rings (SSSR count). The molecule has 0 radical (unpaired) electrons. The summed E-state index contributed by atoms with van der Waals surface area (Å²) in [5, 5.41) is 3.78. The Morgan fingerprint density at radius 2 is 1.48 bits per heavy atom. The van der Waals surface area contributed by atoms with Gasteiger partial charge in [0.25, 0.3) is 5.91 Å². The van der Waals surface area contributed by atoms with Gasteiger partial charge in [0, 0.05) is 55.5 Å². The first-order valence-corrected chi connectivity index (χ1v) is 12.0. The number of halogens is 1. The lowest BCUT2D eigenvalue weighted by molar-refractivity contribution is 0.0946. The molecular formula is C25H34ClN3O4. The molecule has 1 fully saturated rings. The van der Waals surface area contributed by atoms with Crippen molar-refractivity contribution >= 4 is 23.2 Å². The highest BCUT2D eigenvalue weighted by Crippen LogP contribution is 2.39. The molecule has 1 amide bonds. The van der Waals surface area contributed by atoms with Gasteiger partial charge in [0.15, 0.2) is 11.5 Å². The Bertz CT molecular complexity index is 872. The lowest BCUT2D eigenvalue weighted by atomic mass is 10.1. The number of ether oxygens (including phenoxy) is 3. The van der Waals surface area contributed by atoms with E-state index in [9.17, 15) is 4.79 Å². The van der Waals surface area contributed by atoms with Gasteiger partial charge in [-0.2, -0.15) is 0 Å². The fraction of sp³-hybridized carbons (Fsp3) is 0.480. The molecule has 0 unspecified atom stereocenters. The van der Waals surface area contributed by atoms with Crippen LogP contribution in [0.2, 0.25) is 5.02 Å². The van der Waals surface area contributed by atoms with Crippen LogP contribution in [-0.4, -0.2) is 69.9 Å². The highest BCUT2D eigenvalue weighted by Gasteiger charge is 2.20. The molecule has 0 spiro atoms. The van der Waals surface area contributed by atoms with E-state index >= 15 is 0 Å². The van der Waals surface area contributed by atoms with Crippen molar-refractivity contribution in [2.24, 2.45) is 0 Å². The molecule has 0 aliphatic carbocycles. The predicted octanol–water partition coefficient (Wildman–Crippen LogP) is 4.09. The van der Waals surface area contributed by atoms with E-state index in [1.807, 2.05) is 32.9 Å². The molecular weight excluding hydrogens is 442 g/mol. The van der Waals surface area contributed by atoms with Gasteiger partial charge in [-0.05, 0) is 57.2 Å². The van der Waals surface area contributed by atoms with Gasteiger partial charge < -0.3 is 24.4 Å². The van der Waals surface area contributed by atoms with E-state index in [0.29, 0.717) is 49.2 Å². The normalized spacial score (nSPS) is 14.1. The molecule has 8 heteroatoms. The number of anilines is 1. The first-order valence-electron chi connectivity index (χ1n) is 11.6. The van der Waals surface area contributed by atoms with E-state index in [2.05, 4.69) is 27.2 Å². The SMILES string of the molecule is CCOc1cc(C(=O)NCCN2CCN(c3ccc(Cl)cc3)CC2)cc(OCC)c1OCC. The molecule has 0 atom stereocenters. The standard InChI is InChI=1S/C25H34ClN3O4/c1-4-31-22-17-19(18-23(32-5-2)24(22)33-6-3)25(30)27-11-12-28-13-15-29(16-14-28)21-9-7-20(26)8-10-21/h7-10,17-18H,4-6,11-16H2,1-3H3,(H,27,30). The number of carbonyl (C=O) groups excluding carboxylic acids is 1. The third kappa shape index (κ3) is 6.92. The van der Waals surface area contributed by atoms with Crippen LogP contribution >= 0.6 is 11.6 Å². The van der Waals surface area contributed by atoms with Crippen LogP contribution in [0.4, 0.5) is 5.69 Å². The number of rotatable bonds is 11. The summed E-state index contributed by atoms with van der Waals surface area (Å²) < 4.78 is 17.1. The first-order chi connectivity index (χ1) is 16.0. The molecule has 1 aliphatic heterocycles. The molecule has 2 aromatic carbocycles. The van der Waals surface area contributed by atoms with Gasteiger partial charge in [-0.3, -0.25) is 9.69 Å². The van der Waals surface area contributed by atoms with Crippen molar-refractivity contribution in [2.45, 2.75) is 20.8 Å². The van der Waals surface area contributed by atoms with Crippen LogP contribution in [-0.2, 0) is 0 Å². The Hall–Kier alpha value is -2.64. The molecule has 0 saturated carbocycles. The molecule has 1 saturated heterocycles. The average Bonchev–Trinajstić information content (AvgIpc) is 2.82. The number of hydrogen-bond donors (Lipinski definition) is 1. The summed E-state index contributed by atoms with van der Waals surface area (Å²) in [6.07, 6.45) is 0. The van der Waals surface area contributed by atoms with Gasteiger partial charge in [0.05, 0.1) is 19.8 Å². The van der Waals surface area contributed by atoms with E-state index in [1.165, 1.54) is 5.69 Å². The second kappa shape index (κ2) is 12.6. The average molecular weight is 476 g/mol. The summed E-state index contributed by atoms with van der Waals surface area (Å²) in [6, 6.07) is 11.4. The number of amides is 1. The zero-order valence-corrected chi connectivity index (χ0v) is 20.5. The Morgan fingerprint density at radius 1 is 0.909 bits per heavy atom. The quantitative estimate of drug-likeness (QED) is 0.528. The van der Waals surface area contributed by atoms with Crippen molar-refractivity contribution in [2.75, 3.05) is 64.0 Å². The van der Waals surface area contributed by atoms with Crippen LogP contribution < -0.4 is 24.4 Å². The highest BCUT2D eigenvalue weighted by molar-refractivity contribution is 6.30. The second-order valence-electron chi connectivity index (χ2n) is 7.66. The monoisotopic (exact) mass is 475 g/mol. The Labute approximate surface area is 201 Å². The molecule has 0 bridgehead atoms. The summed E-state index contributed by atoms with van der Waals surface area (Å²) >= 11 is 5.99. The zero-order chi connectivity index (χ0) is 23.6. The lowest BCUT2D eigenvalue weighted by Crippen LogP contribution is -2.48. The van der Waals surface area contributed by atoms with Crippen LogP contribution in [0.15, 0.2) is 36.4 Å². The molecule has 33 heavy (non-hydrogen) atoms. The third-order valence-electron chi connectivity index (χ3n) is 5.45. The molecule has 7 nitrogen and oxygen atoms in total. The lowest BCUT2D eigenvalue weighted by Gasteiger charge is -2.36. The third-order valence-corrected chi connectivity index (χ3v) is 5.70. The molecule has 1 aliphatic rings. The van der Waals surface area contributed by atoms with Crippen molar-refractivity contribution in [1.29, 1.82) is 0 Å². The molecule has 180 valence electrons. The Balaban J connectivity index is 1.53. The van der Waals surface area contributed by atoms with Crippen molar-refractivity contribution < 1.29 is 19.0 Å². The largest absolute Gasteiger partial charge is 0.490 e. The summed E-state index contributed by atoms with van der Waals surface area (Å²) in [6.45, 7) is 12.3. The maximum absolute atomic E-state index is 12.8. The fourth-order valence-corrected chi connectivity index (χ4v) is 3.96. The second-order valence-corrected chi connectivity index (χ2v) is 8.10. The van der Waals surface area contributed by atoms with Crippen LogP contribution in [0.25, 0.3) is 0 Å². The van der Waals surface area contributed by atoms with Gasteiger partial charge in [0.2, 0.25) is 5.75 Å². The smallest absolute Gasteiger partial charge is 0.251 e. The molecule has 2 aromatic rings. The summed E-state index contributed by atoms with van der Waals surface area (Å²) in [7, 11) is 0. The van der Waals surface area contributed by atoms with Crippen LogP contribution in [0.5, 0.6) is 17.2 Å². The summed E-state index contributed by atoms with van der Waals surface area (Å²) in [5.74, 6) is 1.43. The maximum atomic E-state index is 12.8. The highest BCUT2D eigenvalue weighted by atomic mass is 35.5. The first kappa shape index (κ1) is 25.0. The van der Waals surface area contributed by atoms with E-state index in [1.54, 1.807) is 12.1 Å². The minimum Gasteiger partial charge on any atom is -0.490 e. The predicted molar refractivity (Wildman–Crippen MR) is 132 cm³/mol. The Kier molecular flexibility index (Phi) is 9.51. The van der Waals surface area contributed by atoms with Gasteiger partial charge in [-0.15, -0.1) is 0 Å². The van der Waals surface area contributed by atoms with Crippen molar-refractivity contribution in [3.05, 3.63) is 47.0 Å². The zero-order valence-electron chi connectivity index (χ0n) is 19.7. The number of hydrogen-bond acceptors (Lipinski definition) is 6. The summed E-state index contributed by atoms with van der Waals surface area (Å²) in [5.41, 5.74) is 1.69. The Morgan fingerprint density at radius 3 is 2.03 bits per heavy atom. The molecule has 0 aromatic heterocycles. The van der Waals surface area contributed by atoms with E-state index in [4.69, 9.17) is 25.8 Å². The van der Waals surface area contributed by atoms with Crippen LogP contribution in [0.1, 0.15) is 31.1 Å². The van der Waals surface area contributed by atoms with E-state index in [0.717, 1.165) is 37.7 Å². The topological polar surface area (TPSA) is 63.3 Å². The number of benzene rings is 2. The minimum absolute atomic E-state index is 0.153. The number of nitrogens with one attached hydrogen (secondary N) is 1. The van der Waals surface area contributed by atoms with Crippen molar-refractivity contribution in [1.82, 2.24) is 10.2 Å². The fourth-order valence-electron chi connectivity index (χ4n) is 3.83. The number of nitrogens with zero attached hydrogens (tertiary/aromatic N) is 2. The van der Waals surface area contributed by atoms with Crippen molar-refractivity contribution in [3.63, 3.8) is 0 Å². The van der Waals surface area contributed by atoms with Gasteiger partial charge in [-0.1, -0.05) is 11.6 Å². The van der Waals surface area contributed by atoms with Crippen LogP contribution in [0.3, 0.4) is 0 Å². The molecule has 1 heterocycles. The van der Waals surface area contributed by atoms with E-state index in [-0.39, 0.29) is 5.91 Å². The van der Waals surface area contributed by atoms with Gasteiger partial charge in [-0.25, -0.2) is 0 Å². The van der Waals surface area contributed by atoms with Gasteiger partial charge >= 0.3 is 0 Å².